The van der Waals surface area contributed by atoms with Gasteiger partial charge in [0.05, 0.1) is 16.3 Å². The van der Waals surface area contributed by atoms with E-state index in [2.05, 4.69) is 24.1 Å². The van der Waals surface area contributed by atoms with Gasteiger partial charge in [0.2, 0.25) is 5.43 Å². The van der Waals surface area contributed by atoms with Crippen LogP contribution in [0.15, 0.2) is 45.6 Å². The molecule has 0 bridgehead atoms. The van der Waals surface area contributed by atoms with Gasteiger partial charge in [-0.05, 0) is 62.9 Å². The van der Waals surface area contributed by atoms with Crippen LogP contribution < -0.4 is 15.5 Å². The molecule has 0 atom stereocenters. The van der Waals surface area contributed by atoms with Crippen LogP contribution in [0.3, 0.4) is 0 Å². The van der Waals surface area contributed by atoms with Crippen molar-refractivity contribution in [3.8, 4) is 5.75 Å². The number of benzene rings is 2. The number of likely N-dealkylation sites (N-methyl/N-ethyl adjacent to an activating group) is 1. The Labute approximate surface area is 177 Å². The molecule has 0 fully saturated rings. The molecule has 1 N–H and O–H groups in total. The Balaban J connectivity index is 1.80. The van der Waals surface area contributed by atoms with Gasteiger partial charge in [-0.25, -0.2) is 0 Å². The lowest BCUT2D eigenvalue weighted by atomic mass is 9.97. The second-order valence-electron chi connectivity index (χ2n) is 8.32. The normalized spacial score (nSPS) is 15.0. The fourth-order valence-electron chi connectivity index (χ4n) is 4.03. The number of nitrogens with zero attached hydrogens (tertiary/aromatic N) is 1. The van der Waals surface area contributed by atoms with Crippen LogP contribution in [0.2, 0.25) is 0 Å². The van der Waals surface area contributed by atoms with E-state index in [1.54, 1.807) is 0 Å². The molecule has 0 saturated heterocycles. The predicted molar refractivity (Wildman–Crippen MR) is 123 cm³/mol. The number of fused-ring (bicyclic) bond motifs is 4. The van der Waals surface area contributed by atoms with Crippen molar-refractivity contribution in [1.82, 2.24) is 10.2 Å². The van der Waals surface area contributed by atoms with E-state index < -0.39 is 5.60 Å². The van der Waals surface area contributed by atoms with Gasteiger partial charge in [-0.2, -0.15) is 0 Å². The van der Waals surface area contributed by atoms with E-state index in [1.165, 1.54) is 0 Å². The van der Waals surface area contributed by atoms with Crippen molar-refractivity contribution in [3.05, 3.63) is 57.8 Å². The predicted octanol–water partition coefficient (Wildman–Crippen LogP) is 4.56. The number of hydrogen-bond acceptors (Lipinski definition) is 5. The molecule has 2 heterocycles. The molecule has 0 aliphatic carbocycles. The van der Waals surface area contributed by atoms with Crippen molar-refractivity contribution in [2.45, 2.75) is 39.8 Å². The van der Waals surface area contributed by atoms with Gasteiger partial charge < -0.3 is 19.4 Å². The van der Waals surface area contributed by atoms with Crippen molar-refractivity contribution >= 4 is 28.0 Å². The van der Waals surface area contributed by atoms with E-state index in [9.17, 15) is 4.79 Å². The number of hydrogen-bond donors (Lipinski definition) is 1. The molecule has 4 rings (SSSR count). The molecule has 1 aliphatic rings. The summed E-state index contributed by atoms with van der Waals surface area (Å²) in [6, 6.07) is 9.43. The highest BCUT2D eigenvalue weighted by atomic mass is 16.5. The van der Waals surface area contributed by atoms with Gasteiger partial charge in [0, 0.05) is 19.6 Å². The van der Waals surface area contributed by atoms with E-state index in [0.29, 0.717) is 28.5 Å². The van der Waals surface area contributed by atoms with Crippen LogP contribution in [-0.2, 0) is 6.54 Å². The lowest BCUT2D eigenvalue weighted by Gasteiger charge is -2.28. The molecular weight excluding hydrogens is 376 g/mol. The maximum atomic E-state index is 13.4. The van der Waals surface area contributed by atoms with Crippen LogP contribution in [0.5, 0.6) is 5.75 Å². The summed E-state index contributed by atoms with van der Waals surface area (Å²) >= 11 is 0. The molecule has 5 nitrogen and oxygen atoms in total. The minimum absolute atomic E-state index is 0.00780. The zero-order chi connectivity index (χ0) is 21.3. The molecular formula is C25H30N2O3. The Kier molecular flexibility index (Phi) is 5.67. The van der Waals surface area contributed by atoms with Gasteiger partial charge in [-0.3, -0.25) is 4.79 Å². The fraction of sp³-hybridized carbons (Fsp3) is 0.400. The fourth-order valence-corrected chi connectivity index (χ4v) is 4.03. The highest BCUT2D eigenvalue weighted by Crippen LogP contribution is 2.38. The average Bonchev–Trinajstić information content (AvgIpc) is 2.73. The van der Waals surface area contributed by atoms with Crippen molar-refractivity contribution in [3.63, 3.8) is 0 Å². The first-order valence-electron chi connectivity index (χ1n) is 10.8. The Morgan fingerprint density at radius 3 is 2.67 bits per heavy atom. The minimum atomic E-state index is -0.398. The Morgan fingerprint density at radius 2 is 1.90 bits per heavy atom. The zero-order valence-electron chi connectivity index (χ0n) is 18.2. The minimum Gasteiger partial charge on any atom is -0.483 e. The Morgan fingerprint density at radius 1 is 1.13 bits per heavy atom. The second-order valence-corrected chi connectivity index (χ2v) is 8.32. The zero-order valence-corrected chi connectivity index (χ0v) is 18.2. The van der Waals surface area contributed by atoms with Crippen LogP contribution in [-0.4, -0.2) is 36.7 Å². The monoisotopic (exact) mass is 406 g/mol. The molecule has 5 heteroatoms. The van der Waals surface area contributed by atoms with Crippen LogP contribution in [0.1, 0.15) is 38.8 Å². The summed E-state index contributed by atoms with van der Waals surface area (Å²) in [5.41, 5.74) is 2.55. The summed E-state index contributed by atoms with van der Waals surface area (Å²) in [5, 5.41) is 4.74. The summed E-state index contributed by atoms with van der Waals surface area (Å²) < 4.78 is 12.5. The van der Waals surface area contributed by atoms with Crippen molar-refractivity contribution < 1.29 is 9.15 Å². The quantitative estimate of drug-likeness (QED) is 0.460. The lowest BCUT2D eigenvalue weighted by molar-refractivity contribution is 0.159. The molecule has 2 aromatic carbocycles. The van der Waals surface area contributed by atoms with Crippen LogP contribution >= 0.6 is 0 Å². The summed E-state index contributed by atoms with van der Waals surface area (Å²) in [6.07, 6.45) is 4.02. The number of para-hydroxylation sites is 1. The standard InChI is InChI=1S/C25H30N2O3/c1-5-27(6-2)14-13-26-16-17-15-21-19(11-12-25(3,4)30-21)24-22(17)23(28)18-9-7-8-10-20(18)29-24/h7-12,15,26H,5-6,13-14,16H2,1-4H3. The maximum absolute atomic E-state index is 13.4. The second kappa shape index (κ2) is 8.25. The first-order valence-corrected chi connectivity index (χ1v) is 10.8. The van der Waals surface area contributed by atoms with E-state index >= 15 is 0 Å². The van der Waals surface area contributed by atoms with Gasteiger partial charge in [0.15, 0.2) is 0 Å². The van der Waals surface area contributed by atoms with Crippen LogP contribution in [0.4, 0.5) is 0 Å². The third kappa shape index (κ3) is 3.87. The number of ether oxygens (including phenoxy) is 1. The molecule has 0 radical (unpaired) electrons. The largest absolute Gasteiger partial charge is 0.483 e. The smallest absolute Gasteiger partial charge is 0.200 e. The summed E-state index contributed by atoms with van der Waals surface area (Å²) in [7, 11) is 0. The molecule has 30 heavy (non-hydrogen) atoms. The SMILES string of the molecule is CCN(CC)CCNCc1cc2c(c3oc4ccccc4c(=O)c13)C=CC(C)(C)O2. The molecule has 0 amide bonds. The first kappa shape index (κ1) is 20.6. The van der Waals surface area contributed by atoms with Gasteiger partial charge in [0.1, 0.15) is 22.5 Å². The van der Waals surface area contributed by atoms with E-state index in [4.69, 9.17) is 9.15 Å². The molecule has 1 aliphatic heterocycles. The number of rotatable bonds is 7. The lowest BCUT2D eigenvalue weighted by Crippen LogP contribution is -2.32. The van der Waals surface area contributed by atoms with Crippen LogP contribution in [0, 0.1) is 0 Å². The average molecular weight is 407 g/mol. The number of nitrogens with one attached hydrogen (secondary N) is 1. The van der Waals surface area contributed by atoms with Gasteiger partial charge in [-0.1, -0.05) is 26.0 Å². The molecule has 158 valence electrons. The topological polar surface area (TPSA) is 54.7 Å². The molecule has 0 unspecified atom stereocenters. The van der Waals surface area contributed by atoms with E-state index in [-0.39, 0.29) is 5.43 Å². The highest BCUT2D eigenvalue weighted by molar-refractivity contribution is 5.97. The van der Waals surface area contributed by atoms with E-state index in [1.807, 2.05) is 56.3 Å². The summed E-state index contributed by atoms with van der Waals surface area (Å²) in [4.78, 5) is 15.8. The summed E-state index contributed by atoms with van der Waals surface area (Å²) in [5.74, 6) is 0.758. The van der Waals surface area contributed by atoms with Crippen molar-refractivity contribution in [2.75, 3.05) is 26.2 Å². The van der Waals surface area contributed by atoms with E-state index in [0.717, 1.165) is 43.1 Å². The Bertz CT molecular complexity index is 1160. The third-order valence-electron chi connectivity index (χ3n) is 5.77. The van der Waals surface area contributed by atoms with Crippen molar-refractivity contribution in [1.29, 1.82) is 0 Å². The van der Waals surface area contributed by atoms with Gasteiger partial charge >= 0.3 is 0 Å². The molecule has 0 saturated carbocycles. The van der Waals surface area contributed by atoms with Gasteiger partial charge in [-0.15, -0.1) is 0 Å². The first-order chi connectivity index (χ1) is 14.4. The van der Waals surface area contributed by atoms with Crippen LogP contribution in [0.25, 0.3) is 28.0 Å². The van der Waals surface area contributed by atoms with Crippen molar-refractivity contribution in [2.24, 2.45) is 0 Å². The molecule has 3 aromatic rings. The van der Waals surface area contributed by atoms with Gasteiger partial charge in [0.25, 0.3) is 0 Å². The maximum Gasteiger partial charge on any atom is 0.200 e. The third-order valence-corrected chi connectivity index (χ3v) is 5.77. The molecule has 0 spiro atoms. The summed E-state index contributed by atoms with van der Waals surface area (Å²) in [6.45, 7) is 12.9. The Hall–Kier alpha value is -2.63. The molecule has 1 aromatic heterocycles. The highest BCUT2D eigenvalue weighted by Gasteiger charge is 2.26.